The molecule has 5 N–H and O–H groups in total. The van der Waals surface area contributed by atoms with Crippen molar-refractivity contribution in [3.63, 3.8) is 0 Å². The van der Waals surface area contributed by atoms with Gasteiger partial charge in [0.15, 0.2) is 0 Å². The summed E-state index contributed by atoms with van der Waals surface area (Å²) in [7, 11) is 0. The van der Waals surface area contributed by atoms with Crippen molar-refractivity contribution >= 4 is 11.8 Å². The van der Waals surface area contributed by atoms with Gasteiger partial charge in [-0.3, -0.25) is 4.79 Å². The van der Waals surface area contributed by atoms with Crippen molar-refractivity contribution in [2.24, 2.45) is 5.73 Å². The van der Waals surface area contributed by atoms with Crippen LogP contribution >= 0.6 is 0 Å². The monoisotopic (exact) mass is 411 g/mol. The van der Waals surface area contributed by atoms with Crippen LogP contribution in [0.1, 0.15) is 63.5 Å². The van der Waals surface area contributed by atoms with Crippen molar-refractivity contribution in [3.05, 3.63) is 52.2 Å². The molecular formula is C23H29N3O4. The van der Waals surface area contributed by atoms with Crippen molar-refractivity contribution in [1.29, 1.82) is 0 Å². The molecule has 0 radical (unpaired) electrons. The molecule has 30 heavy (non-hydrogen) atoms. The maximum atomic E-state index is 13.7. The van der Waals surface area contributed by atoms with Crippen LogP contribution in [0.3, 0.4) is 0 Å². The van der Waals surface area contributed by atoms with E-state index in [1.165, 1.54) is 0 Å². The van der Waals surface area contributed by atoms with Crippen molar-refractivity contribution in [1.82, 2.24) is 10.6 Å². The summed E-state index contributed by atoms with van der Waals surface area (Å²) in [5.41, 5.74) is 6.87. The van der Waals surface area contributed by atoms with Gasteiger partial charge in [-0.2, -0.15) is 0 Å². The summed E-state index contributed by atoms with van der Waals surface area (Å²) in [6, 6.07) is 4.97. The van der Waals surface area contributed by atoms with Crippen LogP contribution < -0.4 is 21.1 Å². The molecule has 0 saturated heterocycles. The molecule has 1 aromatic rings. The number of allylic oxidation sites excluding steroid dienone is 2. The number of benzene rings is 1. The topological polar surface area (TPSA) is 114 Å². The summed E-state index contributed by atoms with van der Waals surface area (Å²) < 4.78 is 6.06. The number of unbranched alkanes of at least 4 members (excludes halogenated alkanes) is 1. The van der Waals surface area contributed by atoms with Gasteiger partial charge in [0.25, 0.3) is 5.79 Å². The standard InChI is InChI=1S/C23H29N3O4/c1-4-5-11-25-21(28)26-22-15-10-9-14(13(2)3)12-18(15)30-23(22,29)16-7-6-8-17(24)19(16)20(22)27/h7,9-10,12-13,29H,4-6,8,11,24H2,1-3H3,(H2,25,26,28). The average molecular weight is 412 g/mol. The lowest BCUT2D eigenvalue weighted by Crippen LogP contribution is -2.63. The number of nitrogens with one attached hydrogen (secondary N) is 2. The molecule has 0 aromatic heterocycles. The minimum atomic E-state index is -2.04. The fourth-order valence-electron chi connectivity index (χ4n) is 4.58. The van der Waals surface area contributed by atoms with Crippen LogP contribution in [-0.4, -0.2) is 29.3 Å². The number of ketones is 1. The summed E-state index contributed by atoms with van der Waals surface area (Å²) in [6.07, 6.45) is 4.65. The van der Waals surface area contributed by atoms with Gasteiger partial charge in [0.05, 0.1) is 0 Å². The number of hydrogen-bond donors (Lipinski definition) is 4. The Labute approximate surface area is 176 Å². The molecule has 2 amide bonds. The van der Waals surface area contributed by atoms with Gasteiger partial charge in [-0.15, -0.1) is 0 Å². The first kappa shape index (κ1) is 20.5. The van der Waals surface area contributed by atoms with Crippen LogP contribution in [-0.2, 0) is 10.3 Å². The van der Waals surface area contributed by atoms with Crippen molar-refractivity contribution in [2.75, 3.05) is 6.54 Å². The number of nitrogens with two attached hydrogens (primary N) is 1. The number of rotatable bonds is 5. The van der Waals surface area contributed by atoms with Gasteiger partial charge in [-0.05, 0) is 36.8 Å². The van der Waals surface area contributed by atoms with E-state index in [4.69, 9.17) is 10.5 Å². The first-order chi connectivity index (χ1) is 14.3. The second-order valence-corrected chi connectivity index (χ2v) is 8.53. The lowest BCUT2D eigenvalue weighted by Gasteiger charge is -2.34. The highest BCUT2D eigenvalue weighted by Gasteiger charge is 2.74. The Bertz CT molecular complexity index is 981. The van der Waals surface area contributed by atoms with E-state index in [0.29, 0.717) is 42.0 Å². The maximum Gasteiger partial charge on any atom is 0.316 e. The Hall–Kier alpha value is -2.80. The smallest absolute Gasteiger partial charge is 0.316 e. The zero-order chi connectivity index (χ0) is 21.7. The highest BCUT2D eigenvalue weighted by Crippen LogP contribution is 2.59. The van der Waals surface area contributed by atoms with Gasteiger partial charge in [-0.25, -0.2) is 4.79 Å². The molecule has 2 aliphatic carbocycles. The van der Waals surface area contributed by atoms with Crippen LogP contribution in [0.4, 0.5) is 4.79 Å². The SMILES string of the molecule is CCCCNC(=O)NC12C(=O)C3=C(N)CCC=C3C1(O)Oc1cc(C(C)C)ccc12. The largest absolute Gasteiger partial charge is 0.454 e. The molecule has 1 heterocycles. The highest BCUT2D eigenvalue weighted by atomic mass is 16.6. The van der Waals surface area contributed by atoms with Crippen LogP contribution in [0.15, 0.2) is 41.1 Å². The lowest BCUT2D eigenvalue weighted by molar-refractivity contribution is -0.151. The fourth-order valence-corrected chi connectivity index (χ4v) is 4.58. The molecule has 7 nitrogen and oxygen atoms in total. The average Bonchev–Trinajstić information content (AvgIpc) is 3.05. The molecule has 160 valence electrons. The van der Waals surface area contributed by atoms with E-state index in [2.05, 4.69) is 24.5 Å². The summed E-state index contributed by atoms with van der Waals surface area (Å²) >= 11 is 0. The van der Waals surface area contributed by atoms with E-state index >= 15 is 0 Å². The molecule has 0 bridgehead atoms. The third kappa shape index (κ3) is 2.68. The fraction of sp³-hybridized carbons (Fsp3) is 0.478. The van der Waals surface area contributed by atoms with Gasteiger partial charge in [0.1, 0.15) is 5.75 Å². The number of carbonyl (C=O) groups is 2. The Kier molecular flexibility index (Phi) is 4.89. The highest BCUT2D eigenvalue weighted by molar-refractivity contribution is 6.15. The molecule has 2 unspecified atom stereocenters. The van der Waals surface area contributed by atoms with E-state index < -0.39 is 23.1 Å². The Balaban J connectivity index is 1.86. The molecule has 3 aliphatic rings. The number of aliphatic hydroxyl groups is 1. The minimum Gasteiger partial charge on any atom is -0.454 e. The number of amides is 2. The molecule has 1 saturated carbocycles. The summed E-state index contributed by atoms with van der Waals surface area (Å²) in [5, 5.41) is 17.3. The van der Waals surface area contributed by atoms with E-state index in [0.717, 1.165) is 18.4 Å². The zero-order valence-electron chi connectivity index (χ0n) is 17.7. The number of urea groups is 1. The van der Waals surface area contributed by atoms with Crippen molar-refractivity contribution < 1.29 is 19.4 Å². The third-order valence-corrected chi connectivity index (χ3v) is 6.24. The molecular weight excluding hydrogens is 382 g/mol. The molecule has 7 heteroatoms. The molecule has 1 fully saturated rings. The second kappa shape index (κ2) is 7.16. The molecule has 1 aliphatic heterocycles. The van der Waals surface area contributed by atoms with Gasteiger partial charge in [0.2, 0.25) is 11.3 Å². The summed E-state index contributed by atoms with van der Waals surface area (Å²) in [4.78, 5) is 26.5. The number of hydrogen-bond acceptors (Lipinski definition) is 5. The predicted molar refractivity (Wildman–Crippen MR) is 113 cm³/mol. The van der Waals surface area contributed by atoms with Crippen molar-refractivity contribution in [2.45, 2.75) is 63.7 Å². The van der Waals surface area contributed by atoms with Crippen LogP contribution in [0, 0.1) is 0 Å². The predicted octanol–water partition coefficient (Wildman–Crippen LogP) is 2.70. The number of carbonyl (C=O) groups excluding carboxylic acids is 2. The second-order valence-electron chi connectivity index (χ2n) is 8.53. The van der Waals surface area contributed by atoms with Crippen molar-refractivity contribution in [3.8, 4) is 5.75 Å². The van der Waals surface area contributed by atoms with Crippen LogP contribution in [0.5, 0.6) is 5.75 Å². The summed E-state index contributed by atoms with van der Waals surface area (Å²) in [5.74, 6) is -1.83. The Morgan fingerprint density at radius 1 is 1.37 bits per heavy atom. The number of Topliss-reactive ketones (excluding diaryl/α,β-unsaturated/α-hetero) is 1. The maximum absolute atomic E-state index is 13.7. The van der Waals surface area contributed by atoms with E-state index in [1.807, 2.05) is 19.1 Å². The lowest BCUT2D eigenvalue weighted by atomic mass is 9.83. The Morgan fingerprint density at radius 2 is 2.13 bits per heavy atom. The first-order valence-corrected chi connectivity index (χ1v) is 10.6. The van der Waals surface area contributed by atoms with E-state index in [-0.39, 0.29) is 11.5 Å². The third-order valence-electron chi connectivity index (χ3n) is 6.24. The minimum absolute atomic E-state index is 0.242. The van der Waals surface area contributed by atoms with Gasteiger partial charge in [0, 0.05) is 29.0 Å². The first-order valence-electron chi connectivity index (χ1n) is 10.6. The normalized spacial score (nSPS) is 26.7. The quantitative estimate of drug-likeness (QED) is 0.557. The summed E-state index contributed by atoms with van der Waals surface area (Å²) in [6.45, 7) is 6.60. The molecule has 4 rings (SSSR count). The van der Waals surface area contributed by atoms with E-state index in [1.54, 1.807) is 12.1 Å². The molecule has 2 atom stereocenters. The number of fused-ring (bicyclic) bond motifs is 5. The van der Waals surface area contributed by atoms with Crippen LogP contribution in [0.2, 0.25) is 0 Å². The van der Waals surface area contributed by atoms with Gasteiger partial charge >= 0.3 is 6.03 Å². The number of ether oxygens (including phenoxy) is 1. The van der Waals surface area contributed by atoms with E-state index in [9.17, 15) is 14.7 Å². The zero-order valence-corrected chi connectivity index (χ0v) is 17.7. The van der Waals surface area contributed by atoms with Crippen LogP contribution in [0.25, 0.3) is 0 Å². The molecule has 0 spiro atoms. The van der Waals surface area contributed by atoms with Gasteiger partial charge in [-0.1, -0.05) is 45.4 Å². The van der Waals surface area contributed by atoms with Gasteiger partial charge < -0.3 is 26.2 Å². The Morgan fingerprint density at radius 3 is 2.83 bits per heavy atom. The molecule has 1 aromatic carbocycles.